The van der Waals surface area contributed by atoms with Crippen LogP contribution in [0.5, 0.6) is 0 Å². The first kappa shape index (κ1) is 18.2. The van der Waals surface area contributed by atoms with Crippen molar-refractivity contribution in [3.63, 3.8) is 0 Å². The molecule has 5 heteroatoms. The molecule has 1 aromatic rings. The van der Waals surface area contributed by atoms with Gasteiger partial charge in [0, 0.05) is 31.8 Å². The summed E-state index contributed by atoms with van der Waals surface area (Å²) in [6.45, 7) is 16.7. The lowest BCUT2D eigenvalue weighted by molar-refractivity contribution is 0.238. The van der Waals surface area contributed by atoms with Crippen molar-refractivity contribution in [2.75, 3.05) is 24.6 Å². The van der Waals surface area contributed by atoms with Crippen LogP contribution in [-0.4, -0.2) is 33.0 Å². The SMILES string of the molecule is Cc1cnc(N2CC[C@H](CO[Si](C)(C)C(C)(C)C)C2)c(I)c1. The lowest BCUT2D eigenvalue weighted by Crippen LogP contribution is -2.42. The molecule has 1 atom stereocenters. The molecular weight excluding hydrogens is 403 g/mol. The Morgan fingerprint density at radius 2 is 2.09 bits per heavy atom. The molecule has 0 aromatic carbocycles. The molecule has 0 saturated carbocycles. The van der Waals surface area contributed by atoms with E-state index in [0.717, 1.165) is 25.5 Å². The summed E-state index contributed by atoms with van der Waals surface area (Å²) in [5, 5.41) is 0.291. The average molecular weight is 432 g/mol. The molecule has 1 fully saturated rings. The van der Waals surface area contributed by atoms with Crippen molar-refractivity contribution in [2.24, 2.45) is 5.92 Å². The minimum atomic E-state index is -1.63. The van der Waals surface area contributed by atoms with Crippen molar-refractivity contribution in [2.45, 2.75) is 52.2 Å². The predicted octanol–water partition coefficient (Wildman–Crippen LogP) is 4.84. The Kier molecular flexibility index (Phi) is 5.60. The molecule has 0 spiro atoms. The first-order chi connectivity index (χ1) is 10.1. The summed E-state index contributed by atoms with van der Waals surface area (Å²) in [4.78, 5) is 7.05. The maximum atomic E-state index is 6.40. The number of rotatable bonds is 4. The molecule has 0 N–H and O–H groups in total. The summed E-state index contributed by atoms with van der Waals surface area (Å²) < 4.78 is 7.65. The van der Waals surface area contributed by atoms with E-state index in [0.29, 0.717) is 11.0 Å². The number of halogens is 1. The zero-order chi connectivity index (χ0) is 16.5. The summed E-state index contributed by atoms with van der Waals surface area (Å²) >= 11 is 2.40. The summed E-state index contributed by atoms with van der Waals surface area (Å²) in [5.74, 6) is 1.77. The number of hydrogen-bond donors (Lipinski definition) is 0. The third kappa shape index (κ3) is 4.23. The fraction of sp³-hybridized carbons (Fsp3) is 0.706. The monoisotopic (exact) mass is 432 g/mol. The van der Waals surface area contributed by atoms with Crippen LogP contribution >= 0.6 is 22.6 Å². The van der Waals surface area contributed by atoms with Gasteiger partial charge in [0.2, 0.25) is 0 Å². The van der Waals surface area contributed by atoms with Gasteiger partial charge in [-0.2, -0.15) is 0 Å². The van der Waals surface area contributed by atoms with Gasteiger partial charge in [0.05, 0.1) is 3.57 Å². The molecule has 3 nitrogen and oxygen atoms in total. The highest BCUT2D eigenvalue weighted by Gasteiger charge is 2.38. The van der Waals surface area contributed by atoms with Crippen molar-refractivity contribution in [1.29, 1.82) is 0 Å². The van der Waals surface area contributed by atoms with Gasteiger partial charge in [0.15, 0.2) is 8.32 Å². The van der Waals surface area contributed by atoms with E-state index in [1.807, 2.05) is 6.20 Å². The number of aromatic nitrogens is 1. The zero-order valence-corrected chi connectivity index (χ0v) is 17.9. The van der Waals surface area contributed by atoms with E-state index in [1.165, 1.54) is 15.6 Å². The Morgan fingerprint density at radius 3 is 2.68 bits per heavy atom. The van der Waals surface area contributed by atoms with E-state index in [9.17, 15) is 0 Å². The zero-order valence-electron chi connectivity index (χ0n) is 14.7. The van der Waals surface area contributed by atoms with E-state index < -0.39 is 8.32 Å². The van der Waals surface area contributed by atoms with Gasteiger partial charge >= 0.3 is 0 Å². The van der Waals surface area contributed by atoms with Crippen molar-refractivity contribution in [1.82, 2.24) is 4.98 Å². The molecule has 0 amide bonds. The van der Waals surface area contributed by atoms with E-state index in [4.69, 9.17) is 4.43 Å². The summed E-state index contributed by atoms with van der Waals surface area (Å²) in [6.07, 6.45) is 3.18. The Hall–Kier alpha value is -0.143. The molecule has 1 saturated heterocycles. The third-order valence-electron chi connectivity index (χ3n) is 5.03. The number of anilines is 1. The van der Waals surface area contributed by atoms with Crippen LogP contribution in [0.1, 0.15) is 32.8 Å². The van der Waals surface area contributed by atoms with Gasteiger partial charge in [-0.1, -0.05) is 20.8 Å². The molecular formula is C17H29IN2OSi. The van der Waals surface area contributed by atoms with Gasteiger partial charge in [0.25, 0.3) is 0 Å². The largest absolute Gasteiger partial charge is 0.416 e. The Bertz CT molecular complexity index is 528. The fourth-order valence-corrected chi connectivity index (χ4v) is 4.52. The predicted molar refractivity (Wildman–Crippen MR) is 105 cm³/mol. The van der Waals surface area contributed by atoms with Gasteiger partial charge in [-0.25, -0.2) is 4.98 Å². The summed E-state index contributed by atoms with van der Waals surface area (Å²) in [5.41, 5.74) is 1.23. The smallest absolute Gasteiger partial charge is 0.191 e. The van der Waals surface area contributed by atoms with Crippen LogP contribution < -0.4 is 4.90 Å². The van der Waals surface area contributed by atoms with Crippen molar-refractivity contribution in [3.05, 3.63) is 21.4 Å². The molecule has 0 radical (unpaired) electrons. The van der Waals surface area contributed by atoms with Crippen LogP contribution in [-0.2, 0) is 4.43 Å². The molecule has 1 aliphatic heterocycles. The van der Waals surface area contributed by atoms with Gasteiger partial charge in [-0.05, 0) is 65.7 Å². The second-order valence-corrected chi connectivity index (χ2v) is 14.0. The number of aryl methyl sites for hydroxylation is 1. The van der Waals surface area contributed by atoms with Crippen molar-refractivity contribution in [3.8, 4) is 0 Å². The fourth-order valence-electron chi connectivity index (χ4n) is 2.46. The third-order valence-corrected chi connectivity index (χ3v) is 10.3. The molecule has 0 bridgehead atoms. The van der Waals surface area contributed by atoms with Crippen LogP contribution in [0.3, 0.4) is 0 Å². The summed E-state index contributed by atoms with van der Waals surface area (Å²) in [6, 6.07) is 2.21. The molecule has 2 rings (SSSR count). The quantitative estimate of drug-likeness (QED) is 0.503. The van der Waals surface area contributed by atoms with Crippen LogP contribution in [0.2, 0.25) is 18.1 Å². The maximum Gasteiger partial charge on any atom is 0.191 e. The van der Waals surface area contributed by atoms with E-state index in [1.54, 1.807) is 0 Å². The Labute approximate surface area is 150 Å². The average Bonchev–Trinajstić information content (AvgIpc) is 2.83. The number of pyridine rings is 1. The van der Waals surface area contributed by atoms with Crippen LogP contribution in [0.25, 0.3) is 0 Å². The summed E-state index contributed by atoms with van der Waals surface area (Å²) in [7, 11) is -1.63. The topological polar surface area (TPSA) is 25.4 Å². The first-order valence-corrected chi connectivity index (χ1v) is 12.1. The highest BCUT2D eigenvalue weighted by atomic mass is 127. The second kappa shape index (κ2) is 6.77. The second-order valence-electron chi connectivity index (χ2n) is 7.99. The highest BCUT2D eigenvalue weighted by Crippen LogP contribution is 2.37. The lowest BCUT2D eigenvalue weighted by atomic mass is 10.1. The Balaban J connectivity index is 1.93. The standard InChI is InChI=1S/C17H29IN2OSi/c1-13-9-15(18)16(19-10-13)20-8-7-14(11-20)12-21-22(5,6)17(2,3)4/h9-10,14H,7-8,11-12H2,1-6H3/t14-/m0/s1. The molecule has 22 heavy (non-hydrogen) atoms. The minimum absolute atomic E-state index is 0.291. The molecule has 1 aromatic heterocycles. The van der Waals surface area contributed by atoms with Gasteiger partial charge < -0.3 is 9.33 Å². The van der Waals surface area contributed by atoms with Crippen molar-refractivity contribution >= 4 is 36.7 Å². The minimum Gasteiger partial charge on any atom is -0.416 e. The molecule has 2 heterocycles. The van der Waals surface area contributed by atoms with Gasteiger partial charge in [-0.15, -0.1) is 0 Å². The molecule has 124 valence electrons. The number of nitrogens with zero attached hydrogens (tertiary/aromatic N) is 2. The van der Waals surface area contributed by atoms with Gasteiger partial charge in [-0.3, -0.25) is 0 Å². The van der Waals surface area contributed by atoms with E-state index in [2.05, 4.69) is 79.3 Å². The van der Waals surface area contributed by atoms with Crippen LogP contribution in [0.4, 0.5) is 5.82 Å². The molecule has 0 aliphatic carbocycles. The normalized spacial score (nSPS) is 19.8. The first-order valence-electron chi connectivity index (χ1n) is 8.11. The highest BCUT2D eigenvalue weighted by molar-refractivity contribution is 14.1. The van der Waals surface area contributed by atoms with Gasteiger partial charge in [0.1, 0.15) is 5.82 Å². The number of hydrogen-bond acceptors (Lipinski definition) is 3. The van der Waals surface area contributed by atoms with Crippen LogP contribution in [0, 0.1) is 16.4 Å². The molecule has 0 unspecified atom stereocenters. The molecule has 1 aliphatic rings. The maximum absolute atomic E-state index is 6.40. The Morgan fingerprint density at radius 1 is 1.41 bits per heavy atom. The van der Waals surface area contributed by atoms with E-state index in [-0.39, 0.29) is 0 Å². The van der Waals surface area contributed by atoms with Crippen molar-refractivity contribution < 1.29 is 4.43 Å². The van der Waals surface area contributed by atoms with E-state index >= 15 is 0 Å². The van der Waals surface area contributed by atoms with Crippen LogP contribution in [0.15, 0.2) is 12.3 Å². The lowest BCUT2D eigenvalue weighted by Gasteiger charge is -2.37.